The summed E-state index contributed by atoms with van der Waals surface area (Å²) in [6, 6.07) is -0.364. The fraction of sp³-hybridized carbons (Fsp3) is 0.727. The predicted octanol–water partition coefficient (Wildman–Crippen LogP) is 1.99. The average Bonchev–Trinajstić information content (AvgIpc) is 2.80. The highest BCUT2D eigenvalue weighted by molar-refractivity contribution is 7.13. The Morgan fingerprint density at radius 3 is 2.61 bits per heavy atom. The van der Waals surface area contributed by atoms with Crippen LogP contribution in [0.1, 0.15) is 39.5 Å². The van der Waals surface area contributed by atoms with Crippen LogP contribution in [-0.4, -0.2) is 33.5 Å². The minimum atomic E-state index is -0.817. The molecule has 1 rings (SSSR count). The van der Waals surface area contributed by atoms with Crippen LogP contribution in [0.25, 0.3) is 0 Å². The Morgan fingerprint density at radius 1 is 1.44 bits per heavy atom. The number of urea groups is 1. The van der Waals surface area contributed by atoms with Crippen molar-refractivity contribution in [3.63, 3.8) is 0 Å². The molecule has 0 spiro atoms. The Balaban J connectivity index is 2.39. The Hall–Kier alpha value is -1.21. The van der Waals surface area contributed by atoms with Crippen molar-refractivity contribution < 1.29 is 9.90 Å². The van der Waals surface area contributed by atoms with E-state index in [-0.39, 0.29) is 12.6 Å². The molecule has 18 heavy (non-hydrogen) atoms. The average molecular weight is 272 g/mol. The van der Waals surface area contributed by atoms with Crippen molar-refractivity contribution in [2.75, 3.05) is 11.9 Å². The lowest BCUT2D eigenvalue weighted by molar-refractivity contribution is 0.0245. The van der Waals surface area contributed by atoms with Gasteiger partial charge in [-0.25, -0.2) is 4.79 Å². The Bertz CT molecular complexity index is 350. The molecule has 0 radical (unpaired) electrons. The summed E-state index contributed by atoms with van der Waals surface area (Å²) in [6.07, 6.45) is 3.13. The van der Waals surface area contributed by atoms with Crippen molar-refractivity contribution in [3.05, 3.63) is 5.51 Å². The number of hydrogen-bond donors (Lipinski definition) is 3. The van der Waals surface area contributed by atoms with Crippen LogP contribution in [-0.2, 0) is 0 Å². The third-order valence-electron chi connectivity index (χ3n) is 2.59. The van der Waals surface area contributed by atoms with Gasteiger partial charge in [0.2, 0.25) is 5.13 Å². The highest BCUT2D eigenvalue weighted by Crippen LogP contribution is 2.18. The molecule has 2 amide bonds. The van der Waals surface area contributed by atoms with Crippen LogP contribution in [0.4, 0.5) is 9.93 Å². The third-order valence-corrected chi connectivity index (χ3v) is 3.20. The van der Waals surface area contributed by atoms with Gasteiger partial charge in [0.25, 0.3) is 0 Å². The molecule has 1 aromatic rings. The molecule has 6 nitrogen and oxygen atoms in total. The number of rotatable bonds is 7. The van der Waals surface area contributed by atoms with Crippen molar-refractivity contribution in [3.8, 4) is 0 Å². The second-order valence-electron chi connectivity index (χ2n) is 4.28. The van der Waals surface area contributed by atoms with Crippen LogP contribution in [0, 0.1) is 0 Å². The largest absolute Gasteiger partial charge is 0.388 e. The first-order valence-electron chi connectivity index (χ1n) is 6.13. The van der Waals surface area contributed by atoms with E-state index in [0.717, 1.165) is 12.8 Å². The van der Waals surface area contributed by atoms with Gasteiger partial charge in [-0.3, -0.25) is 5.32 Å². The van der Waals surface area contributed by atoms with Gasteiger partial charge in [0.05, 0.1) is 5.60 Å². The summed E-state index contributed by atoms with van der Waals surface area (Å²) in [4.78, 5) is 11.6. The van der Waals surface area contributed by atoms with Gasteiger partial charge in [-0.05, 0) is 12.8 Å². The van der Waals surface area contributed by atoms with E-state index < -0.39 is 5.60 Å². The maximum atomic E-state index is 11.6. The van der Waals surface area contributed by atoms with Gasteiger partial charge < -0.3 is 10.4 Å². The van der Waals surface area contributed by atoms with Crippen LogP contribution < -0.4 is 10.6 Å². The topological polar surface area (TPSA) is 87.1 Å². The van der Waals surface area contributed by atoms with Crippen LogP contribution in [0.2, 0.25) is 0 Å². The number of carbonyl (C=O) groups excluding carboxylic acids is 1. The Labute approximate surface area is 111 Å². The molecule has 0 aliphatic carbocycles. The molecule has 0 aliphatic rings. The second-order valence-corrected chi connectivity index (χ2v) is 5.11. The lowest BCUT2D eigenvalue weighted by Crippen LogP contribution is -2.44. The maximum Gasteiger partial charge on any atom is 0.321 e. The fourth-order valence-corrected chi connectivity index (χ4v) is 2.29. The van der Waals surface area contributed by atoms with E-state index in [9.17, 15) is 9.90 Å². The minimum absolute atomic E-state index is 0.249. The molecule has 0 fully saturated rings. The number of aliphatic hydroxyl groups is 1. The van der Waals surface area contributed by atoms with Gasteiger partial charge in [0.1, 0.15) is 5.51 Å². The molecule has 0 aliphatic heterocycles. The molecule has 0 saturated heterocycles. The van der Waals surface area contributed by atoms with E-state index in [0.29, 0.717) is 18.0 Å². The number of anilines is 1. The lowest BCUT2D eigenvalue weighted by Gasteiger charge is -2.27. The van der Waals surface area contributed by atoms with Crippen molar-refractivity contribution in [1.29, 1.82) is 0 Å². The molecule has 0 bridgehead atoms. The molecular weight excluding hydrogens is 252 g/mol. The van der Waals surface area contributed by atoms with Gasteiger partial charge in [-0.15, -0.1) is 10.2 Å². The number of nitrogens with zero attached hydrogens (tertiary/aromatic N) is 2. The molecular formula is C11H20N4O2S. The first-order chi connectivity index (χ1) is 8.59. The Morgan fingerprint density at radius 2 is 2.11 bits per heavy atom. The summed E-state index contributed by atoms with van der Waals surface area (Å²) >= 11 is 1.25. The minimum Gasteiger partial charge on any atom is -0.388 e. The number of amides is 2. The smallest absolute Gasteiger partial charge is 0.321 e. The number of hydrogen-bond acceptors (Lipinski definition) is 5. The summed E-state index contributed by atoms with van der Waals surface area (Å²) in [6.45, 7) is 4.28. The highest BCUT2D eigenvalue weighted by atomic mass is 32.1. The summed E-state index contributed by atoms with van der Waals surface area (Å²) in [5.74, 6) is 0. The van der Waals surface area contributed by atoms with Crippen molar-refractivity contribution in [2.45, 2.75) is 45.1 Å². The summed E-state index contributed by atoms with van der Waals surface area (Å²) in [5, 5.41) is 23.3. The number of carbonyl (C=O) groups is 1. The van der Waals surface area contributed by atoms with E-state index in [2.05, 4.69) is 20.8 Å². The van der Waals surface area contributed by atoms with Crippen LogP contribution >= 0.6 is 11.3 Å². The summed E-state index contributed by atoms with van der Waals surface area (Å²) in [5.41, 5.74) is 0.724. The SMILES string of the molecule is CCCC(O)(CCC)CNC(=O)Nc1nncs1. The van der Waals surface area contributed by atoms with Gasteiger partial charge >= 0.3 is 6.03 Å². The van der Waals surface area contributed by atoms with E-state index >= 15 is 0 Å². The predicted molar refractivity (Wildman–Crippen MR) is 71.7 cm³/mol. The first kappa shape index (κ1) is 14.8. The van der Waals surface area contributed by atoms with Crippen LogP contribution in [0.15, 0.2) is 5.51 Å². The molecule has 0 unspecified atom stereocenters. The standard InChI is InChI=1S/C11H20N4O2S/c1-3-5-11(17,6-4-2)7-12-9(16)14-10-15-13-8-18-10/h8,17H,3-7H2,1-2H3,(H2,12,14,15,16). The van der Waals surface area contributed by atoms with E-state index in [1.165, 1.54) is 11.3 Å². The summed E-state index contributed by atoms with van der Waals surface area (Å²) in [7, 11) is 0. The third kappa shape index (κ3) is 4.97. The quantitative estimate of drug-likeness (QED) is 0.708. The van der Waals surface area contributed by atoms with E-state index in [4.69, 9.17) is 0 Å². The molecule has 3 N–H and O–H groups in total. The van der Waals surface area contributed by atoms with Gasteiger partial charge in [-0.2, -0.15) is 0 Å². The molecule has 7 heteroatoms. The molecule has 0 saturated carbocycles. The fourth-order valence-electron chi connectivity index (χ4n) is 1.85. The zero-order valence-electron chi connectivity index (χ0n) is 10.8. The monoisotopic (exact) mass is 272 g/mol. The normalized spacial score (nSPS) is 11.3. The van der Waals surface area contributed by atoms with Gasteiger partial charge in [0, 0.05) is 6.54 Å². The van der Waals surface area contributed by atoms with Crippen molar-refractivity contribution >= 4 is 22.5 Å². The van der Waals surface area contributed by atoms with Gasteiger partial charge in [0.15, 0.2) is 0 Å². The molecule has 0 atom stereocenters. The number of nitrogens with one attached hydrogen (secondary N) is 2. The molecule has 0 aromatic carbocycles. The lowest BCUT2D eigenvalue weighted by atomic mass is 9.93. The zero-order valence-corrected chi connectivity index (χ0v) is 11.6. The molecule has 1 heterocycles. The van der Waals surface area contributed by atoms with Crippen LogP contribution in [0.3, 0.4) is 0 Å². The summed E-state index contributed by atoms with van der Waals surface area (Å²) < 4.78 is 0. The van der Waals surface area contributed by atoms with Crippen molar-refractivity contribution in [1.82, 2.24) is 15.5 Å². The zero-order chi connectivity index (χ0) is 13.4. The van der Waals surface area contributed by atoms with E-state index in [1.807, 2.05) is 13.8 Å². The molecule has 102 valence electrons. The van der Waals surface area contributed by atoms with Gasteiger partial charge in [-0.1, -0.05) is 38.0 Å². The first-order valence-corrected chi connectivity index (χ1v) is 7.01. The Kier molecular flexibility index (Phi) is 6.00. The molecule has 1 aromatic heterocycles. The number of aromatic nitrogens is 2. The van der Waals surface area contributed by atoms with Crippen LogP contribution in [0.5, 0.6) is 0 Å². The highest BCUT2D eigenvalue weighted by Gasteiger charge is 2.25. The second kappa shape index (κ2) is 7.27. The van der Waals surface area contributed by atoms with Crippen molar-refractivity contribution in [2.24, 2.45) is 0 Å². The maximum absolute atomic E-state index is 11.6. The van der Waals surface area contributed by atoms with E-state index in [1.54, 1.807) is 5.51 Å².